The Balaban J connectivity index is 2.28. The number of ether oxygens (including phenoxy) is 3. The van der Waals surface area contributed by atoms with Gasteiger partial charge in [0.05, 0.1) is 6.10 Å². The molecule has 0 saturated heterocycles. The lowest BCUT2D eigenvalue weighted by atomic mass is 10.2. The molecule has 74 valence electrons. The Kier molecular flexibility index (Phi) is 3.72. The third-order valence-electron chi connectivity index (χ3n) is 1.64. The summed E-state index contributed by atoms with van der Waals surface area (Å²) in [6.07, 6.45) is 2.38. The zero-order valence-corrected chi connectivity index (χ0v) is 7.30. The summed E-state index contributed by atoms with van der Waals surface area (Å²) in [6, 6.07) is 0. The van der Waals surface area contributed by atoms with Crippen LogP contribution in [0.1, 0.15) is 6.42 Å². The lowest BCUT2D eigenvalue weighted by molar-refractivity contribution is -0.143. The van der Waals surface area contributed by atoms with Gasteiger partial charge in [-0.3, -0.25) is 0 Å². The largest absolute Gasteiger partial charge is 0.505 e. The predicted octanol–water partition coefficient (Wildman–Crippen LogP) is 0.999. The Morgan fingerprint density at radius 2 is 2.54 bits per heavy atom. The summed E-state index contributed by atoms with van der Waals surface area (Å²) in [7, 11) is 1.52. The third kappa shape index (κ3) is 3.43. The maximum absolute atomic E-state index is 10.1. The lowest BCUT2D eigenvalue weighted by Crippen LogP contribution is -2.29. The molecule has 1 aliphatic heterocycles. The monoisotopic (exact) mass is 188 g/mol. The van der Waals surface area contributed by atoms with Crippen molar-refractivity contribution in [3.8, 4) is 0 Å². The number of carbonyl (C=O) groups is 1. The first-order valence-corrected chi connectivity index (χ1v) is 3.93. The van der Waals surface area contributed by atoms with Gasteiger partial charge >= 0.3 is 6.16 Å². The molecule has 0 saturated carbocycles. The summed E-state index contributed by atoms with van der Waals surface area (Å²) < 4.78 is 14.6. The first kappa shape index (κ1) is 10.0. The molecule has 2 atom stereocenters. The number of rotatable bonds is 3. The van der Waals surface area contributed by atoms with E-state index in [0.29, 0.717) is 6.42 Å². The van der Waals surface area contributed by atoms with E-state index in [1.165, 1.54) is 7.11 Å². The molecule has 1 N–H and O–H groups in total. The standard InChI is InChI=1S/C8H12O5/c1-11-7-4-2-3-6(13-7)5-12-8(9)10/h2,4,6-7H,3,5H2,1H3,(H,9,10)/t6-,7?/m0/s1. The minimum Gasteiger partial charge on any atom is -0.450 e. The fraction of sp³-hybridized carbons (Fsp3) is 0.625. The highest BCUT2D eigenvalue weighted by molar-refractivity contribution is 5.56. The van der Waals surface area contributed by atoms with Gasteiger partial charge in [-0.15, -0.1) is 0 Å². The number of methoxy groups -OCH3 is 1. The van der Waals surface area contributed by atoms with Gasteiger partial charge in [0.25, 0.3) is 0 Å². The van der Waals surface area contributed by atoms with Crippen molar-refractivity contribution < 1.29 is 24.1 Å². The van der Waals surface area contributed by atoms with Crippen molar-refractivity contribution in [3.05, 3.63) is 12.2 Å². The van der Waals surface area contributed by atoms with Crippen molar-refractivity contribution in [3.63, 3.8) is 0 Å². The molecule has 0 fully saturated rings. The number of carboxylic acid groups (broad SMARTS) is 1. The van der Waals surface area contributed by atoms with Gasteiger partial charge in [-0.2, -0.15) is 0 Å². The van der Waals surface area contributed by atoms with Gasteiger partial charge in [-0.05, 0) is 12.5 Å². The summed E-state index contributed by atoms with van der Waals surface area (Å²) in [6.45, 7) is 0.0412. The zero-order chi connectivity index (χ0) is 9.68. The normalized spacial score (nSPS) is 27.2. The Labute approximate surface area is 75.9 Å². The first-order chi connectivity index (χ1) is 6.22. The SMILES string of the molecule is COC1C=CC[C@@H](COC(=O)O)O1. The molecule has 0 bridgehead atoms. The molecule has 0 aromatic rings. The summed E-state index contributed by atoms with van der Waals surface area (Å²) >= 11 is 0. The van der Waals surface area contributed by atoms with Gasteiger partial charge in [0.2, 0.25) is 0 Å². The molecule has 1 unspecified atom stereocenters. The van der Waals surface area contributed by atoms with Gasteiger partial charge in [-0.1, -0.05) is 6.08 Å². The highest BCUT2D eigenvalue weighted by Crippen LogP contribution is 2.12. The van der Waals surface area contributed by atoms with Gasteiger partial charge < -0.3 is 19.3 Å². The summed E-state index contributed by atoms with van der Waals surface area (Å²) in [5, 5.41) is 8.24. The van der Waals surface area contributed by atoms with Crippen LogP contribution in [-0.2, 0) is 14.2 Å². The molecule has 1 heterocycles. The van der Waals surface area contributed by atoms with Crippen molar-refractivity contribution in [1.29, 1.82) is 0 Å². The van der Waals surface area contributed by atoms with Crippen LogP contribution in [0.4, 0.5) is 4.79 Å². The molecule has 1 rings (SSSR count). The van der Waals surface area contributed by atoms with E-state index in [-0.39, 0.29) is 12.7 Å². The van der Waals surface area contributed by atoms with Crippen LogP contribution in [0, 0.1) is 0 Å². The molecular formula is C8H12O5. The second kappa shape index (κ2) is 4.84. The quantitative estimate of drug-likeness (QED) is 0.528. The molecule has 5 nitrogen and oxygen atoms in total. The molecule has 0 radical (unpaired) electrons. The smallest absolute Gasteiger partial charge is 0.450 e. The van der Waals surface area contributed by atoms with Crippen molar-refractivity contribution in [2.75, 3.05) is 13.7 Å². The summed E-state index contributed by atoms with van der Waals surface area (Å²) in [5.41, 5.74) is 0. The maximum atomic E-state index is 10.1. The van der Waals surface area contributed by atoms with Crippen molar-refractivity contribution in [2.45, 2.75) is 18.8 Å². The minimum absolute atomic E-state index is 0.0412. The highest BCUT2D eigenvalue weighted by atomic mass is 16.7. The van der Waals surface area contributed by atoms with Gasteiger partial charge in [0.15, 0.2) is 6.29 Å². The van der Waals surface area contributed by atoms with Crippen LogP contribution in [0.3, 0.4) is 0 Å². The van der Waals surface area contributed by atoms with Crippen LogP contribution in [0.5, 0.6) is 0 Å². The molecule has 0 spiro atoms. The van der Waals surface area contributed by atoms with Crippen molar-refractivity contribution in [1.82, 2.24) is 0 Å². The van der Waals surface area contributed by atoms with Crippen LogP contribution in [0.15, 0.2) is 12.2 Å². The van der Waals surface area contributed by atoms with Crippen LogP contribution in [-0.4, -0.2) is 37.4 Å². The van der Waals surface area contributed by atoms with E-state index in [1.54, 1.807) is 6.08 Å². The molecule has 0 amide bonds. The molecule has 0 aliphatic carbocycles. The molecule has 5 heteroatoms. The average Bonchev–Trinajstić information content (AvgIpc) is 2.15. The zero-order valence-electron chi connectivity index (χ0n) is 7.30. The topological polar surface area (TPSA) is 65.0 Å². The van der Waals surface area contributed by atoms with E-state index in [9.17, 15) is 4.79 Å². The Morgan fingerprint density at radius 3 is 3.15 bits per heavy atom. The van der Waals surface area contributed by atoms with Crippen molar-refractivity contribution in [2.24, 2.45) is 0 Å². The molecule has 13 heavy (non-hydrogen) atoms. The van der Waals surface area contributed by atoms with E-state index in [0.717, 1.165) is 0 Å². The molecule has 0 aromatic carbocycles. The fourth-order valence-electron chi connectivity index (χ4n) is 1.04. The summed E-state index contributed by atoms with van der Waals surface area (Å²) in [4.78, 5) is 10.1. The second-order valence-electron chi connectivity index (χ2n) is 2.60. The third-order valence-corrected chi connectivity index (χ3v) is 1.64. The fourth-order valence-corrected chi connectivity index (χ4v) is 1.04. The van der Waals surface area contributed by atoms with Crippen LogP contribution in [0.2, 0.25) is 0 Å². The molecular weight excluding hydrogens is 176 g/mol. The van der Waals surface area contributed by atoms with E-state index in [2.05, 4.69) is 4.74 Å². The van der Waals surface area contributed by atoms with Crippen LogP contribution in [0.25, 0.3) is 0 Å². The van der Waals surface area contributed by atoms with Gasteiger partial charge in [-0.25, -0.2) is 4.79 Å². The highest BCUT2D eigenvalue weighted by Gasteiger charge is 2.18. The molecule has 1 aliphatic rings. The lowest BCUT2D eigenvalue weighted by Gasteiger charge is -2.23. The predicted molar refractivity (Wildman–Crippen MR) is 43.4 cm³/mol. The Morgan fingerprint density at radius 1 is 1.77 bits per heavy atom. The van der Waals surface area contributed by atoms with Crippen molar-refractivity contribution >= 4 is 6.16 Å². The van der Waals surface area contributed by atoms with Crippen LogP contribution < -0.4 is 0 Å². The Bertz CT molecular complexity index is 201. The van der Waals surface area contributed by atoms with Gasteiger partial charge in [0, 0.05) is 7.11 Å². The Hall–Kier alpha value is -1.07. The number of hydrogen-bond donors (Lipinski definition) is 1. The minimum atomic E-state index is -1.29. The van der Waals surface area contributed by atoms with Gasteiger partial charge in [0.1, 0.15) is 6.61 Å². The maximum Gasteiger partial charge on any atom is 0.505 e. The first-order valence-electron chi connectivity index (χ1n) is 3.93. The number of hydrogen-bond acceptors (Lipinski definition) is 4. The average molecular weight is 188 g/mol. The van der Waals surface area contributed by atoms with E-state index in [1.807, 2.05) is 6.08 Å². The van der Waals surface area contributed by atoms with E-state index >= 15 is 0 Å². The molecule has 0 aromatic heterocycles. The summed E-state index contributed by atoms with van der Waals surface area (Å²) in [5.74, 6) is 0. The van der Waals surface area contributed by atoms with E-state index in [4.69, 9.17) is 14.6 Å². The second-order valence-corrected chi connectivity index (χ2v) is 2.60. The van der Waals surface area contributed by atoms with Crippen LogP contribution >= 0.6 is 0 Å². The van der Waals surface area contributed by atoms with E-state index < -0.39 is 12.4 Å².